The Balaban J connectivity index is 2.39. The van der Waals surface area contributed by atoms with Gasteiger partial charge in [0, 0.05) is 0 Å². The minimum atomic E-state index is -1.15. The third-order valence-corrected chi connectivity index (χ3v) is 1.45. The van der Waals surface area contributed by atoms with Gasteiger partial charge < -0.3 is 13.9 Å². The average Bonchev–Trinajstić information content (AvgIpc) is 2.75. The molecule has 0 aliphatic rings. The molecule has 5 nitrogen and oxygen atoms in total. The molecule has 2 rings (SSSR count). The van der Waals surface area contributed by atoms with Gasteiger partial charge in [0.05, 0.1) is 12.5 Å². The molecule has 2 aromatic rings. The maximum atomic E-state index is 10.4. The van der Waals surface area contributed by atoms with Gasteiger partial charge in [-0.25, -0.2) is 9.78 Å². The van der Waals surface area contributed by atoms with Crippen LogP contribution in [-0.2, 0) is 0 Å². The fourth-order valence-electron chi connectivity index (χ4n) is 0.887. The van der Waals surface area contributed by atoms with E-state index < -0.39 is 5.97 Å². The van der Waals surface area contributed by atoms with Gasteiger partial charge in [-0.1, -0.05) is 0 Å². The van der Waals surface area contributed by atoms with Crippen molar-refractivity contribution in [3.8, 4) is 11.7 Å². The van der Waals surface area contributed by atoms with E-state index >= 15 is 0 Å². The van der Waals surface area contributed by atoms with E-state index in [-0.39, 0.29) is 11.7 Å². The van der Waals surface area contributed by atoms with Gasteiger partial charge in [0.1, 0.15) is 0 Å². The highest BCUT2D eigenvalue weighted by atomic mass is 16.4. The second kappa shape index (κ2) is 2.78. The van der Waals surface area contributed by atoms with Gasteiger partial charge in [-0.2, -0.15) is 0 Å². The highest BCUT2D eigenvalue weighted by Gasteiger charge is 2.13. The summed E-state index contributed by atoms with van der Waals surface area (Å²) in [5.74, 6) is -0.772. The summed E-state index contributed by atoms with van der Waals surface area (Å²) in [6, 6.07) is 3.30. The molecule has 0 radical (unpaired) electrons. The number of furan rings is 1. The van der Waals surface area contributed by atoms with Crippen LogP contribution in [-0.4, -0.2) is 16.1 Å². The second-order valence-electron chi connectivity index (χ2n) is 2.31. The van der Waals surface area contributed by atoms with Crippen LogP contribution >= 0.6 is 0 Å². The van der Waals surface area contributed by atoms with E-state index in [2.05, 4.69) is 4.98 Å². The zero-order valence-corrected chi connectivity index (χ0v) is 6.43. The third kappa shape index (κ3) is 1.31. The minimum absolute atomic E-state index is 0.169. The minimum Gasteiger partial charge on any atom is -0.475 e. The summed E-state index contributed by atoms with van der Waals surface area (Å²) < 4.78 is 9.85. The van der Waals surface area contributed by atoms with Gasteiger partial charge in [-0.3, -0.25) is 0 Å². The molecule has 66 valence electrons. The molecule has 5 heteroatoms. The highest BCUT2D eigenvalue weighted by Crippen LogP contribution is 2.18. The molecule has 0 saturated heterocycles. The van der Waals surface area contributed by atoms with Crippen LogP contribution in [0, 0.1) is 0 Å². The Labute approximate surface area is 72.6 Å². The summed E-state index contributed by atoms with van der Waals surface area (Å²) in [4.78, 5) is 14.2. The van der Waals surface area contributed by atoms with E-state index in [4.69, 9.17) is 13.9 Å². The molecule has 0 amide bonds. The molecular formula is C8H5NO4. The van der Waals surface area contributed by atoms with Crippen LogP contribution in [0.15, 0.2) is 33.4 Å². The van der Waals surface area contributed by atoms with Crippen LogP contribution in [0.5, 0.6) is 0 Å². The lowest BCUT2D eigenvalue weighted by Crippen LogP contribution is -1.91. The summed E-state index contributed by atoms with van der Waals surface area (Å²) in [6.45, 7) is 0. The third-order valence-electron chi connectivity index (χ3n) is 1.45. The average molecular weight is 179 g/mol. The first-order valence-electron chi connectivity index (χ1n) is 3.50. The smallest absolute Gasteiger partial charge is 0.373 e. The molecule has 0 aliphatic heterocycles. The topological polar surface area (TPSA) is 76.5 Å². The molecular weight excluding hydrogens is 174 g/mol. The van der Waals surface area contributed by atoms with Gasteiger partial charge in [-0.15, -0.1) is 0 Å². The number of hydrogen-bond donors (Lipinski definition) is 1. The quantitative estimate of drug-likeness (QED) is 0.758. The van der Waals surface area contributed by atoms with Crippen molar-refractivity contribution in [2.24, 2.45) is 0 Å². The van der Waals surface area contributed by atoms with Crippen molar-refractivity contribution >= 4 is 5.97 Å². The van der Waals surface area contributed by atoms with Gasteiger partial charge in [0.2, 0.25) is 5.76 Å². The highest BCUT2D eigenvalue weighted by molar-refractivity contribution is 5.84. The lowest BCUT2D eigenvalue weighted by molar-refractivity contribution is 0.0663. The normalized spacial score (nSPS) is 10.2. The SMILES string of the molecule is O=C(O)c1cnc(-c2ccco2)o1. The van der Waals surface area contributed by atoms with Crippen LogP contribution < -0.4 is 0 Å². The molecule has 0 unspecified atom stereocenters. The van der Waals surface area contributed by atoms with Crippen molar-refractivity contribution in [1.29, 1.82) is 0 Å². The van der Waals surface area contributed by atoms with E-state index in [1.165, 1.54) is 6.26 Å². The van der Waals surface area contributed by atoms with Crippen molar-refractivity contribution in [1.82, 2.24) is 4.98 Å². The fourth-order valence-corrected chi connectivity index (χ4v) is 0.887. The van der Waals surface area contributed by atoms with Crippen LogP contribution in [0.2, 0.25) is 0 Å². The molecule has 0 atom stereocenters. The van der Waals surface area contributed by atoms with Crippen molar-refractivity contribution in [3.05, 3.63) is 30.4 Å². The van der Waals surface area contributed by atoms with E-state index in [9.17, 15) is 4.79 Å². The number of hydrogen-bond acceptors (Lipinski definition) is 4. The van der Waals surface area contributed by atoms with Gasteiger partial charge in [0.25, 0.3) is 5.89 Å². The molecule has 0 fully saturated rings. The maximum absolute atomic E-state index is 10.4. The molecule has 2 aromatic heterocycles. The van der Waals surface area contributed by atoms with Crippen LogP contribution in [0.3, 0.4) is 0 Å². The number of aromatic nitrogens is 1. The molecule has 0 aliphatic carbocycles. The Morgan fingerprint density at radius 1 is 1.54 bits per heavy atom. The number of aromatic carboxylic acids is 1. The van der Waals surface area contributed by atoms with E-state index in [1.807, 2.05) is 0 Å². The van der Waals surface area contributed by atoms with E-state index in [1.54, 1.807) is 12.1 Å². The summed E-state index contributed by atoms with van der Waals surface area (Å²) in [5.41, 5.74) is 0. The summed E-state index contributed by atoms with van der Waals surface area (Å²) in [7, 11) is 0. The van der Waals surface area contributed by atoms with Crippen LogP contribution in [0.4, 0.5) is 0 Å². The predicted octanol–water partition coefficient (Wildman–Crippen LogP) is 1.63. The first-order valence-corrected chi connectivity index (χ1v) is 3.50. The molecule has 0 spiro atoms. The van der Waals surface area contributed by atoms with Gasteiger partial charge in [0.15, 0.2) is 5.76 Å². The van der Waals surface area contributed by atoms with Crippen LogP contribution in [0.1, 0.15) is 10.6 Å². The van der Waals surface area contributed by atoms with Crippen molar-refractivity contribution in [2.45, 2.75) is 0 Å². The van der Waals surface area contributed by atoms with Crippen LogP contribution in [0.25, 0.3) is 11.7 Å². The first-order chi connectivity index (χ1) is 6.27. The second-order valence-corrected chi connectivity index (χ2v) is 2.31. The van der Waals surface area contributed by atoms with E-state index in [0.29, 0.717) is 5.76 Å². The Morgan fingerprint density at radius 3 is 2.92 bits per heavy atom. The summed E-state index contributed by atoms with van der Waals surface area (Å²) in [6.07, 6.45) is 2.60. The van der Waals surface area contributed by atoms with Gasteiger partial charge in [-0.05, 0) is 12.1 Å². The van der Waals surface area contributed by atoms with Crippen molar-refractivity contribution in [3.63, 3.8) is 0 Å². The molecule has 13 heavy (non-hydrogen) atoms. The number of carboxylic acids is 1. The number of rotatable bonds is 2. The lowest BCUT2D eigenvalue weighted by atomic mass is 10.4. The monoisotopic (exact) mass is 179 g/mol. The summed E-state index contributed by atoms with van der Waals surface area (Å²) in [5, 5.41) is 8.53. The maximum Gasteiger partial charge on any atom is 0.373 e. The number of nitrogens with zero attached hydrogens (tertiary/aromatic N) is 1. The number of carboxylic acid groups (broad SMARTS) is 1. The molecule has 2 heterocycles. The Hall–Kier alpha value is -2.04. The van der Waals surface area contributed by atoms with Crippen molar-refractivity contribution in [2.75, 3.05) is 0 Å². The van der Waals surface area contributed by atoms with Gasteiger partial charge >= 0.3 is 5.97 Å². The molecule has 0 aromatic carbocycles. The Morgan fingerprint density at radius 2 is 2.38 bits per heavy atom. The standard InChI is InChI=1S/C8H5NO4/c10-8(11)6-4-9-7(13-6)5-2-1-3-12-5/h1-4H,(H,10,11). The molecule has 0 saturated carbocycles. The zero-order valence-electron chi connectivity index (χ0n) is 6.43. The Bertz CT molecular complexity index is 415. The number of oxazole rings is 1. The fraction of sp³-hybridized carbons (Fsp3) is 0. The first kappa shape index (κ1) is 7.60. The number of carbonyl (C=O) groups is 1. The largest absolute Gasteiger partial charge is 0.475 e. The molecule has 0 bridgehead atoms. The van der Waals surface area contributed by atoms with E-state index in [0.717, 1.165) is 6.20 Å². The van der Waals surface area contributed by atoms with Crippen molar-refractivity contribution < 1.29 is 18.7 Å². The predicted molar refractivity (Wildman–Crippen MR) is 41.2 cm³/mol. The Kier molecular flexibility index (Phi) is 1.63. The summed E-state index contributed by atoms with van der Waals surface area (Å²) >= 11 is 0. The molecule has 1 N–H and O–H groups in total. The zero-order chi connectivity index (χ0) is 9.26. The lowest BCUT2D eigenvalue weighted by Gasteiger charge is -1.85.